The summed E-state index contributed by atoms with van der Waals surface area (Å²) in [6.45, 7) is 2.69. The molecule has 0 aliphatic carbocycles. The Morgan fingerprint density at radius 3 is 2.24 bits per heavy atom. The average Bonchev–Trinajstić information content (AvgIpc) is 2.67. The Labute approximate surface area is 151 Å². The topological polar surface area (TPSA) is 57.7 Å². The zero-order valence-electron chi connectivity index (χ0n) is 14.8. The van der Waals surface area contributed by atoms with Crippen LogP contribution in [0.3, 0.4) is 0 Å². The van der Waals surface area contributed by atoms with Gasteiger partial charge in [0.2, 0.25) is 15.9 Å². The molecule has 5 nitrogen and oxygen atoms in total. The van der Waals surface area contributed by atoms with Gasteiger partial charge in [0.25, 0.3) is 0 Å². The van der Waals surface area contributed by atoms with E-state index in [-0.39, 0.29) is 17.6 Å². The van der Waals surface area contributed by atoms with Gasteiger partial charge in [-0.2, -0.15) is 0 Å². The first-order valence-electron chi connectivity index (χ1n) is 9.37. The van der Waals surface area contributed by atoms with Crippen molar-refractivity contribution in [3.05, 3.63) is 35.9 Å². The van der Waals surface area contributed by atoms with Gasteiger partial charge in [0.05, 0.1) is 5.75 Å². The van der Waals surface area contributed by atoms with E-state index in [1.54, 1.807) is 4.31 Å². The molecular formula is C19H28N2O3S. The molecule has 0 N–H and O–H groups in total. The van der Waals surface area contributed by atoms with Gasteiger partial charge < -0.3 is 4.90 Å². The molecule has 2 aliphatic heterocycles. The minimum atomic E-state index is -3.25. The number of hydrogen-bond acceptors (Lipinski definition) is 3. The van der Waals surface area contributed by atoms with E-state index in [1.807, 2.05) is 35.2 Å². The number of aryl methyl sites for hydroxylation is 1. The summed E-state index contributed by atoms with van der Waals surface area (Å²) < 4.78 is 26.7. The van der Waals surface area contributed by atoms with E-state index in [1.165, 1.54) is 6.42 Å². The zero-order chi connectivity index (χ0) is 17.7. The fourth-order valence-corrected chi connectivity index (χ4v) is 5.29. The van der Waals surface area contributed by atoms with Crippen LogP contribution in [0.5, 0.6) is 0 Å². The van der Waals surface area contributed by atoms with Crippen molar-refractivity contribution in [1.29, 1.82) is 0 Å². The zero-order valence-corrected chi connectivity index (χ0v) is 15.6. The molecule has 2 fully saturated rings. The predicted octanol–water partition coefficient (Wildman–Crippen LogP) is 2.28. The van der Waals surface area contributed by atoms with Gasteiger partial charge in [-0.15, -0.1) is 0 Å². The molecular weight excluding hydrogens is 336 g/mol. The van der Waals surface area contributed by atoms with Gasteiger partial charge in [-0.25, -0.2) is 12.7 Å². The van der Waals surface area contributed by atoms with E-state index in [4.69, 9.17) is 0 Å². The first kappa shape index (κ1) is 18.4. The second kappa shape index (κ2) is 8.32. The van der Waals surface area contributed by atoms with Crippen LogP contribution in [-0.2, 0) is 21.2 Å². The van der Waals surface area contributed by atoms with E-state index in [0.29, 0.717) is 32.4 Å². The molecule has 25 heavy (non-hydrogen) atoms. The summed E-state index contributed by atoms with van der Waals surface area (Å²) in [5.74, 6) is 0.376. The third-order valence-electron chi connectivity index (χ3n) is 5.36. The number of benzene rings is 1. The van der Waals surface area contributed by atoms with Gasteiger partial charge in [0, 0.05) is 32.1 Å². The number of likely N-dealkylation sites (tertiary alicyclic amines) is 1. The summed E-state index contributed by atoms with van der Waals surface area (Å²) in [5, 5.41) is 0. The van der Waals surface area contributed by atoms with Crippen molar-refractivity contribution >= 4 is 15.9 Å². The SMILES string of the molecule is O=C(C1CCN(S(=O)(=O)CCc2ccccc2)CC1)N1CCCCC1. The van der Waals surface area contributed by atoms with Gasteiger partial charge >= 0.3 is 0 Å². The summed E-state index contributed by atoms with van der Waals surface area (Å²) in [6.07, 6.45) is 5.24. The highest BCUT2D eigenvalue weighted by atomic mass is 32.2. The lowest BCUT2D eigenvalue weighted by molar-refractivity contribution is -0.137. The van der Waals surface area contributed by atoms with Crippen molar-refractivity contribution in [3.63, 3.8) is 0 Å². The minimum absolute atomic E-state index is 0.00123. The summed E-state index contributed by atoms with van der Waals surface area (Å²) in [6, 6.07) is 9.71. The van der Waals surface area contributed by atoms with Crippen molar-refractivity contribution in [2.24, 2.45) is 5.92 Å². The van der Waals surface area contributed by atoms with Crippen LogP contribution >= 0.6 is 0 Å². The predicted molar refractivity (Wildman–Crippen MR) is 98.7 cm³/mol. The first-order chi connectivity index (χ1) is 12.1. The van der Waals surface area contributed by atoms with Crippen LogP contribution in [0.2, 0.25) is 0 Å². The molecule has 6 heteroatoms. The Balaban J connectivity index is 1.49. The monoisotopic (exact) mass is 364 g/mol. The number of rotatable bonds is 5. The molecule has 2 heterocycles. The maximum atomic E-state index is 12.6. The van der Waals surface area contributed by atoms with Crippen molar-refractivity contribution < 1.29 is 13.2 Å². The molecule has 1 aromatic carbocycles. The lowest BCUT2D eigenvalue weighted by Gasteiger charge is -2.35. The molecule has 0 saturated carbocycles. The average molecular weight is 365 g/mol. The van der Waals surface area contributed by atoms with E-state index in [0.717, 1.165) is 31.5 Å². The summed E-state index contributed by atoms with van der Waals surface area (Å²) in [4.78, 5) is 14.6. The van der Waals surface area contributed by atoms with Gasteiger partial charge in [0.15, 0.2) is 0 Å². The maximum Gasteiger partial charge on any atom is 0.225 e. The Morgan fingerprint density at radius 2 is 1.60 bits per heavy atom. The third kappa shape index (κ3) is 4.82. The van der Waals surface area contributed by atoms with E-state index in [2.05, 4.69) is 0 Å². The van der Waals surface area contributed by atoms with Gasteiger partial charge in [-0.1, -0.05) is 30.3 Å². The minimum Gasteiger partial charge on any atom is -0.342 e. The maximum absolute atomic E-state index is 12.6. The van der Waals surface area contributed by atoms with E-state index in [9.17, 15) is 13.2 Å². The van der Waals surface area contributed by atoms with Gasteiger partial charge in [-0.05, 0) is 44.1 Å². The quantitative estimate of drug-likeness (QED) is 0.805. The molecule has 138 valence electrons. The standard InChI is InChI=1S/C19H28N2O3S/c22-19(20-12-5-2-6-13-20)18-9-14-21(15-10-18)25(23,24)16-11-17-7-3-1-4-8-17/h1,3-4,7-8,18H,2,5-6,9-16H2. The lowest BCUT2D eigenvalue weighted by atomic mass is 9.95. The molecule has 0 unspecified atom stereocenters. The molecule has 1 aromatic rings. The second-order valence-electron chi connectivity index (χ2n) is 7.11. The van der Waals surface area contributed by atoms with E-state index < -0.39 is 10.0 Å². The lowest BCUT2D eigenvalue weighted by Crippen LogP contribution is -2.46. The molecule has 0 atom stereocenters. The van der Waals surface area contributed by atoms with Crippen LogP contribution < -0.4 is 0 Å². The molecule has 0 aromatic heterocycles. The summed E-state index contributed by atoms with van der Waals surface area (Å²) >= 11 is 0. The second-order valence-corrected chi connectivity index (χ2v) is 9.20. The number of nitrogens with zero attached hydrogens (tertiary/aromatic N) is 2. The van der Waals surface area contributed by atoms with Crippen LogP contribution in [0, 0.1) is 5.92 Å². The van der Waals surface area contributed by atoms with Crippen LogP contribution in [0.1, 0.15) is 37.7 Å². The fraction of sp³-hybridized carbons (Fsp3) is 0.632. The van der Waals surface area contributed by atoms with Crippen molar-refractivity contribution in [1.82, 2.24) is 9.21 Å². The number of piperidine rings is 2. The number of sulfonamides is 1. The van der Waals surface area contributed by atoms with Crippen molar-refractivity contribution in [3.8, 4) is 0 Å². The van der Waals surface area contributed by atoms with Gasteiger partial charge in [0.1, 0.15) is 0 Å². The number of hydrogen-bond donors (Lipinski definition) is 0. The van der Waals surface area contributed by atoms with Crippen LogP contribution in [0.15, 0.2) is 30.3 Å². The number of carbonyl (C=O) groups excluding carboxylic acids is 1. The Hall–Kier alpha value is -1.40. The summed E-state index contributed by atoms with van der Waals surface area (Å²) in [7, 11) is -3.25. The molecule has 0 radical (unpaired) electrons. The number of carbonyl (C=O) groups is 1. The molecule has 1 amide bonds. The fourth-order valence-electron chi connectivity index (χ4n) is 3.77. The largest absolute Gasteiger partial charge is 0.342 e. The third-order valence-corrected chi connectivity index (χ3v) is 7.23. The first-order valence-corrected chi connectivity index (χ1v) is 11.0. The molecule has 2 saturated heterocycles. The van der Waals surface area contributed by atoms with Crippen LogP contribution in [0.25, 0.3) is 0 Å². The number of amides is 1. The van der Waals surface area contributed by atoms with Crippen LogP contribution in [0.4, 0.5) is 0 Å². The van der Waals surface area contributed by atoms with Crippen molar-refractivity contribution in [2.45, 2.75) is 38.5 Å². The molecule has 0 spiro atoms. The highest BCUT2D eigenvalue weighted by Gasteiger charge is 2.33. The highest BCUT2D eigenvalue weighted by Crippen LogP contribution is 2.24. The Bertz CT molecular complexity index is 661. The Morgan fingerprint density at radius 1 is 0.960 bits per heavy atom. The van der Waals surface area contributed by atoms with E-state index >= 15 is 0 Å². The Kier molecular flexibility index (Phi) is 6.12. The molecule has 2 aliphatic rings. The highest BCUT2D eigenvalue weighted by molar-refractivity contribution is 7.89. The van der Waals surface area contributed by atoms with Crippen molar-refractivity contribution in [2.75, 3.05) is 31.9 Å². The summed E-state index contributed by atoms with van der Waals surface area (Å²) in [5.41, 5.74) is 1.04. The smallest absolute Gasteiger partial charge is 0.225 e. The normalized spacial score (nSPS) is 20.6. The van der Waals surface area contributed by atoms with Gasteiger partial charge in [-0.3, -0.25) is 4.79 Å². The molecule has 3 rings (SSSR count). The molecule has 0 bridgehead atoms. The van der Waals surface area contributed by atoms with Crippen LogP contribution in [-0.4, -0.2) is 55.5 Å².